The van der Waals surface area contributed by atoms with Crippen LogP contribution in [0.2, 0.25) is 6.04 Å². The van der Waals surface area contributed by atoms with Crippen molar-refractivity contribution in [3.8, 4) is 0 Å². The van der Waals surface area contributed by atoms with Gasteiger partial charge in [-0.25, -0.2) is 4.79 Å². The molecule has 132 valence electrons. The van der Waals surface area contributed by atoms with Crippen LogP contribution in [0, 0.1) is 0 Å². The topological polar surface area (TPSA) is 54.0 Å². The second-order valence-electron chi connectivity index (χ2n) is 6.80. The van der Waals surface area contributed by atoms with Gasteiger partial charge in [-0.15, -0.1) is 0 Å². The maximum Gasteiger partial charge on any atom is 0.500 e. The van der Waals surface area contributed by atoms with Gasteiger partial charge in [0.05, 0.1) is 20.6 Å². The summed E-state index contributed by atoms with van der Waals surface area (Å²) in [6, 6.07) is 0.730. The van der Waals surface area contributed by atoms with Crippen molar-refractivity contribution in [3.05, 3.63) is 0 Å². The molecule has 0 amide bonds. The number of rotatable bonds is 11. The lowest BCUT2D eigenvalue weighted by molar-refractivity contribution is -0.883. The van der Waals surface area contributed by atoms with Crippen LogP contribution in [0.15, 0.2) is 0 Å². The zero-order valence-corrected chi connectivity index (χ0v) is 16.5. The van der Waals surface area contributed by atoms with Crippen molar-refractivity contribution in [1.29, 1.82) is 0 Å². The van der Waals surface area contributed by atoms with E-state index in [2.05, 4.69) is 0 Å². The molecule has 0 aromatic carbocycles. The Hall–Kier alpha value is -0.473. The normalized spacial score (nSPS) is 13.3. The number of esters is 1. The molecule has 0 rings (SSSR count). The maximum atomic E-state index is 12.1. The lowest BCUT2D eigenvalue weighted by Crippen LogP contribution is -2.48. The van der Waals surface area contributed by atoms with E-state index in [1.165, 1.54) is 0 Å². The average Bonchev–Trinajstić information content (AvgIpc) is 2.42. The van der Waals surface area contributed by atoms with Crippen LogP contribution in [-0.4, -0.2) is 73.4 Å². The second kappa shape index (κ2) is 8.98. The highest BCUT2D eigenvalue weighted by Crippen LogP contribution is 2.17. The Kier molecular flexibility index (Phi) is 8.78. The van der Waals surface area contributed by atoms with Gasteiger partial charge in [0.1, 0.15) is 5.60 Å². The molecule has 0 bridgehead atoms. The monoisotopic (exact) mass is 336 g/mol. The van der Waals surface area contributed by atoms with E-state index in [4.69, 9.17) is 18.0 Å². The lowest BCUT2D eigenvalue weighted by Gasteiger charge is -2.32. The largest absolute Gasteiger partial charge is 0.500 e. The summed E-state index contributed by atoms with van der Waals surface area (Å²) in [5.74, 6) is -0.161. The van der Waals surface area contributed by atoms with Gasteiger partial charge < -0.3 is 22.5 Å². The molecule has 6 nitrogen and oxygen atoms in total. The predicted octanol–water partition coefficient (Wildman–Crippen LogP) is 2.06. The van der Waals surface area contributed by atoms with Crippen molar-refractivity contribution in [2.75, 3.05) is 48.5 Å². The molecular formula is C15H34NO5Si+. The number of likely N-dealkylation sites (N-methyl/N-ethyl adjacent to an activating group) is 1. The van der Waals surface area contributed by atoms with Gasteiger partial charge in [0.25, 0.3) is 0 Å². The molecule has 0 aromatic heterocycles. The SMILES string of the molecule is CCC(C)(C)OC(=O)C[N+](C)(C)CCC[Si](OC)(OC)OC. The molecule has 0 aromatic rings. The Bertz CT molecular complexity index is 335. The summed E-state index contributed by atoms with van der Waals surface area (Å²) < 4.78 is 22.3. The molecule has 7 heteroatoms. The molecule has 0 atom stereocenters. The first-order valence-electron chi connectivity index (χ1n) is 7.74. The molecule has 0 fully saturated rings. The fraction of sp³-hybridized carbons (Fsp3) is 0.933. The predicted molar refractivity (Wildman–Crippen MR) is 88.5 cm³/mol. The summed E-state index contributed by atoms with van der Waals surface area (Å²) in [6.07, 6.45) is 1.66. The van der Waals surface area contributed by atoms with Crippen molar-refractivity contribution < 1.29 is 27.3 Å². The molecule has 0 heterocycles. The third-order valence-corrected chi connectivity index (χ3v) is 6.81. The van der Waals surface area contributed by atoms with Gasteiger partial charge in [0, 0.05) is 33.8 Å². The molecule has 0 aliphatic carbocycles. The van der Waals surface area contributed by atoms with Gasteiger partial charge in [-0.3, -0.25) is 0 Å². The van der Waals surface area contributed by atoms with Crippen LogP contribution in [0.3, 0.4) is 0 Å². The van der Waals surface area contributed by atoms with E-state index >= 15 is 0 Å². The molecule has 22 heavy (non-hydrogen) atoms. The molecule has 0 spiro atoms. The van der Waals surface area contributed by atoms with Crippen molar-refractivity contribution in [3.63, 3.8) is 0 Å². The fourth-order valence-corrected chi connectivity index (χ4v) is 3.82. The number of hydrogen-bond donors (Lipinski definition) is 0. The maximum absolute atomic E-state index is 12.1. The second-order valence-corrected chi connectivity index (χ2v) is 9.89. The summed E-state index contributed by atoms with van der Waals surface area (Å²) in [5, 5.41) is 0. The van der Waals surface area contributed by atoms with Gasteiger partial charge in [0.15, 0.2) is 6.54 Å². The van der Waals surface area contributed by atoms with Gasteiger partial charge >= 0.3 is 14.8 Å². The van der Waals surface area contributed by atoms with Gasteiger partial charge in [-0.05, 0) is 20.3 Å². The number of carbonyl (C=O) groups is 1. The summed E-state index contributed by atoms with van der Waals surface area (Å²) >= 11 is 0. The highest BCUT2D eigenvalue weighted by molar-refractivity contribution is 6.60. The Morgan fingerprint density at radius 2 is 1.59 bits per heavy atom. The lowest BCUT2D eigenvalue weighted by atomic mass is 10.1. The van der Waals surface area contributed by atoms with Crippen molar-refractivity contribution in [2.45, 2.75) is 45.3 Å². The van der Waals surface area contributed by atoms with E-state index in [0.717, 1.165) is 25.4 Å². The fourth-order valence-electron chi connectivity index (χ4n) is 2.12. The van der Waals surface area contributed by atoms with Crippen LogP contribution in [0.4, 0.5) is 0 Å². The number of carbonyl (C=O) groups excluding carboxylic acids is 1. The van der Waals surface area contributed by atoms with Crippen LogP contribution in [0.25, 0.3) is 0 Å². The summed E-state index contributed by atoms with van der Waals surface area (Å²) in [5.41, 5.74) is -0.401. The summed E-state index contributed by atoms with van der Waals surface area (Å²) in [7, 11) is 6.36. The third-order valence-electron chi connectivity index (χ3n) is 3.98. The number of ether oxygens (including phenoxy) is 1. The van der Waals surface area contributed by atoms with E-state index in [0.29, 0.717) is 11.0 Å². The molecule has 0 aliphatic heterocycles. The molecule has 0 N–H and O–H groups in total. The Labute approximate surface area is 136 Å². The number of hydrogen-bond acceptors (Lipinski definition) is 5. The van der Waals surface area contributed by atoms with E-state index < -0.39 is 14.4 Å². The Morgan fingerprint density at radius 1 is 1.09 bits per heavy atom. The molecule has 0 aliphatic rings. The van der Waals surface area contributed by atoms with Crippen LogP contribution < -0.4 is 0 Å². The molecule has 0 radical (unpaired) electrons. The first-order valence-corrected chi connectivity index (χ1v) is 9.68. The van der Waals surface area contributed by atoms with Gasteiger partial charge in [0.2, 0.25) is 0 Å². The highest BCUT2D eigenvalue weighted by Gasteiger charge is 2.38. The first kappa shape index (κ1) is 21.5. The first-order chi connectivity index (χ1) is 10.1. The molecule has 0 unspecified atom stereocenters. The minimum Gasteiger partial charge on any atom is -0.456 e. The average molecular weight is 337 g/mol. The van der Waals surface area contributed by atoms with Crippen LogP contribution >= 0.6 is 0 Å². The number of quaternary nitrogens is 1. The van der Waals surface area contributed by atoms with Crippen LogP contribution in [0.5, 0.6) is 0 Å². The van der Waals surface area contributed by atoms with E-state index in [9.17, 15) is 4.79 Å². The highest BCUT2D eigenvalue weighted by atomic mass is 28.4. The minimum atomic E-state index is -2.53. The van der Waals surface area contributed by atoms with Crippen molar-refractivity contribution in [2.24, 2.45) is 0 Å². The van der Waals surface area contributed by atoms with Crippen molar-refractivity contribution in [1.82, 2.24) is 0 Å². The zero-order valence-electron chi connectivity index (χ0n) is 15.5. The van der Waals surface area contributed by atoms with Gasteiger partial charge in [-0.2, -0.15) is 0 Å². The minimum absolute atomic E-state index is 0.161. The van der Waals surface area contributed by atoms with Crippen LogP contribution in [0.1, 0.15) is 33.6 Å². The van der Waals surface area contributed by atoms with Crippen LogP contribution in [-0.2, 0) is 22.8 Å². The Balaban J connectivity index is 4.38. The van der Waals surface area contributed by atoms with E-state index in [1.807, 2.05) is 34.9 Å². The standard InChI is InChI=1S/C15H34NO5Si/c1-9-15(2,3)21-14(17)13-16(4,5)11-10-12-22(18-6,19-7)20-8/h9-13H2,1-8H3/q+1. The quantitative estimate of drug-likeness (QED) is 0.328. The molecular weight excluding hydrogens is 302 g/mol. The number of nitrogens with zero attached hydrogens (tertiary/aromatic N) is 1. The Morgan fingerprint density at radius 3 is 2.00 bits per heavy atom. The third kappa shape index (κ3) is 7.69. The molecule has 0 saturated heterocycles. The summed E-state index contributed by atoms with van der Waals surface area (Å²) in [6.45, 7) is 7.05. The van der Waals surface area contributed by atoms with Gasteiger partial charge in [-0.1, -0.05) is 6.92 Å². The molecule has 0 saturated carbocycles. The smallest absolute Gasteiger partial charge is 0.456 e. The van der Waals surface area contributed by atoms with Crippen molar-refractivity contribution >= 4 is 14.8 Å². The summed E-state index contributed by atoms with van der Waals surface area (Å²) in [4.78, 5) is 12.1. The van der Waals surface area contributed by atoms with E-state index in [1.54, 1.807) is 21.3 Å². The zero-order chi connectivity index (χ0) is 17.4. The van der Waals surface area contributed by atoms with E-state index in [-0.39, 0.29) is 5.97 Å².